The van der Waals surface area contributed by atoms with E-state index in [0.717, 1.165) is 4.57 Å². The number of nitrogens with zero attached hydrogens (tertiary/aromatic N) is 2. The molecule has 1 amide bonds. The van der Waals surface area contributed by atoms with Gasteiger partial charge in [-0.1, -0.05) is 47.8 Å². The van der Waals surface area contributed by atoms with Gasteiger partial charge < -0.3 is 15.4 Å². The lowest BCUT2D eigenvalue weighted by Crippen LogP contribution is -2.46. The molecule has 0 radical (unpaired) electrons. The second-order valence-electron chi connectivity index (χ2n) is 5.73. The largest absolute Gasteiger partial charge is 0.461 e. The molecule has 146 valence electrons. The van der Waals surface area contributed by atoms with Crippen molar-refractivity contribution in [1.82, 2.24) is 14.5 Å². The Morgan fingerprint density at radius 3 is 2.54 bits per heavy atom. The minimum Gasteiger partial charge on any atom is -0.461 e. The van der Waals surface area contributed by atoms with Crippen LogP contribution >= 0.6 is 47.8 Å². The van der Waals surface area contributed by atoms with Gasteiger partial charge in [0.15, 0.2) is 2.14 Å². The summed E-state index contributed by atoms with van der Waals surface area (Å²) in [6, 6.07) is -0.386. The number of halogens is 3. The second kappa shape index (κ2) is 9.81. The van der Waals surface area contributed by atoms with E-state index in [9.17, 15) is 19.2 Å². The van der Waals surface area contributed by atoms with E-state index < -0.39 is 25.3 Å². The molecule has 1 aromatic heterocycles. The summed E-state index contributed by atoms with van der Waals surface area (Å²) in [6.45, 7) is 2.62. The molecule has 1 aromatic rings. The Balaban J connectivity index is 2.87. The third kappa shape index (κ3) is 8.14. The molecule has 0 unspecified atom stereocenters. The summed E-state index contributed by atoms with van der Waals surface area (Å²) in [5.41, 5.74) is 4.80. The Bertz CT molecular complexity index is 769. The highest BCUT2D eigenvalue weighted by molar-refractivity contribution is 9.39. The van der Waals surface area contributed by atoms with Gasteiger partial charge in [0.05, 0.1) is 0 Å². The number of H-pyrrole nitrogens is 1. The fraction of sp³-hybridized carbons (Fsp3) is 0.571. The Kier molecular flexibility index (Phi) is 8.70. The highest BCUT2D eigenvalue weighted by atomic mass is 80.0. The molecule has 1 heterocycles. The first kappa shape index (κ1) is 23.1. The normalized spacial score (nSPS) is 12.5. The number of rotatable bonds is 7. The van der Waals surface area contributed by atoms with E-state index in [1.165, 1.54) is 18.0 Å². The Morgan fingerprint density at radius 1 is 1.38 bits per heavy atom. The van der Waals surface area contributed by atoms with Gasteiger partial charge >= 0.3 is 11.7 Å². The lowest BCUT2D eigenvalue weighted by atomic mass is 10.3. The van der Waals surface area contributed by atoms with Crippen LogP contribution in [0.25, 0.3) is 0 Å². The molecule has 9 nitrogen and oxygen atoms in total. The number of hydrogen-bond acceptors (Lipinski definition) is 6. The summed E-state index contributed by atoms with van der Waals surface area (Å²) in [4.78, 5) is 51.0. The molecule has 26 heavy (non-hydrogen) atoms. The summed E-state index contributed by atoms with van der Waals surface area (Å²) in [5, 5.41) is 0. The van der Waals surface area contributed by atoms with Crippen molar-refractivity contribution < 1.29 is 14.3 Å². The maximum Gasteiger partial charge on any atom is 0.328 e. The number of aryl methyl sites for hydroxylation is 1. The molecule has 0 aromatic carbocycles. The maximum absolute atomic E-state index is 12.5. The quantitative estimate of drug-likeness (QED) is 0.366. The van der Waals surface area contributed by atoms with Gasteiger partial charge in [0.2, 0.25) is 5.91 Å². The Hall–Kier alpha value is -0.980. The number of amides is 1. The number of hydrogen-bond donors (Lipinski definition) is 2. The predicted molar refractivity (Wildman–Crippen MR) is 107 cm³/mol. The zero-order valence-electron chi connectivity index (χ0n) is 14.1. The molecule has 0 saturated carbocycles. The van der Waals surface area contributed by atoms with E-state index in [4.69, 9.17) is 10.5 Å². The van der Waals surface area contributed by atoms with E-state index in [1.807, 2.05) is 0 Å². The third-order valence-electron chi connectivity index (χ3n) is 3.07. The van der Waals surface area contributed by atoms with E-state index >= 15 is 0 Å². The van der Waals surface area contributed by atoms with E-state index in [-0.39, 0.29) is 32.3 Å². The predicted octanol–water partition coefficient (Wildman–Crippen LogP) is 0.403. The molecule has 0 bridgehead atoms. The fourth-order valence-electron chi connectivity index (χ4n) is 1.95. The van der Waals surface area contributed by atoms with Crippen LogP contribution in [0.4, 0.5) is 0 Å². The van der Waals surface area contributed by atoms with E-state index in [2.05, 4.69) is 52.8 Å². The summed E-state index contributed by atoms with van der Waals surface area (Å²) < 4.78 is 5.37. The fourth-order valence-corrected chi connectivity index (χ4v) is 2.29. The number of alkyl halides is 3. The lowest BCUT2D eigenvalue weighted by molar-refractivity contribution is -0.149. The highest BCUT2D eigenvalue weighted by Gasteiger charge is 2.24. The van der Waals surface area contributed by atoms with Crippen molar-refractivity contribution in [3.05, 3.63) is 32.6 Å². The summed E-state index contributed by atoms with van der Waals surface area (Å²) in [5.74, 6) is -1.14. The smallest absolute Gasteiger partial charge is 0.328 e. The zero-order valence-corrected chi connectivity index (χ0v) is 18.9. The minimum atomic E-state index is -0.751. The van der Waals surface area contributed by atoms with Gasteiger partial charge in [0, 0.05) is 24.3 Å². The lowest BCUT2D eigenvalue weighted by Gasteiger charge is -2.24. The van der Waals surface area contributed by atoms with Crippen molar-refractivity contribution in [1.29, 1.82) is 0 Å². The average Bonchev–Trinajstić information content (AvgIpc) is 2.48. The number of ether oxygens (including phenoxy) is 1. The standard InChI is InChI=1S/C14H19Br3N4O5/c1-8-3-21(13(25)19-12(8)24)5-10(22)20(4-9(2)18)6-11(23)26-7-14(15,16)17/h3,9H,4-7,18H2,1-2H3,(H,19,24,25)/t9-/m0/s1. The van der Waals surface area contributed by atoms with E-state index in [1.54, 1.807) is 6.92 Å². The van der Waals surface area contributed by atoms with Gasteiger partial charge in [-0.05, 0) is 13.8 Å². The van der Waals surface area contributed by atoms with Crippen LogP contribution in [-0.2, 0) is 20.9 Å². The minimum absolute atomic E-state index is 0.0232. The number of aromatic amines is 1. The molecule has 0 spiro atoms. The molecular weight excluding hydrogens is 544 g/mol. The Labute approximate surface area is 174 Å². The SMILES string of the molecule is Cc1cn(CC(=O)N(CC(=O)OCC(Br)(Br)Br)C[C@H](C)N)c(=O)[nH]c1=O. The first-order valence-corrected chi connectivity index (χ1v) is 9.83. The molecule has 0 aliphatic heterocycles. The number of carbonyl (C=O) groups is 2. The number of esters is 1. The molecule has 3 N–H and O–H groups in total. The first-order valence-electron chi connectivity index (χ1n) is 7.45. The van der Waals surface area contributed by atoms with E-state index in [0.29, 0.717) is 5.56 Å². The van der Waals surface area contributed by atoms with Gasteiger partial charge in [-0.25, -0.2) is 4.79 Å². The second-order valence-corrected chi connectivity index (χ2v) is 13.0. The average molecular weight is 563 g/mol. The van der Waals surface area contributed by atoms with Crippen molar-refractivity contribution in [2.75, 3.05) is 19.7 Å². The van der Waals surface area contributed by atoms with Crippen LogP contribution in [0, 0.1) is 6.92 Å². The van der Waals surface area contributed by atoms with Crippen molar-refractivity contribution in [2.24, 2.45) is 5.73 Å². The van der Waals surface area contributed by atoms with Gasteiger partial charge in [0.25, 0.3) is 5.56 Å². The molecule has 0 saturated heterocycles. The topological polar surface area (TPSA) is 127 Å². The Morgan fingerprint density at radius 2 is 2.00 bits per heavy atom. The van der Waals surface area contributed by atoms with Crippen LogP contribution < -0.4 is 17.0 Å². The van der Waals surface area contributed by atoms with Crippen molar-refractivity contribution >= 4 is 59.7 Å². The summed E-state index contributed by atoms with van der Waals surface area (Å²) in [7, 11) is 0. The van der Waals surface area contributed by atoms with Crippen molar-refractivity contribution in [3.63, 3.8) is 0 Å². The monoisotopic (exact) mass is 560 g/mol. The summed E-state index contributed by atoms with van der Waals surface area (Å²) >= 11 is 9.59. The third-order valence-corrected chi connectivity index (χ3v) is 3.76. The maximum atomic E-state index is 12.5. The van der Waals surface area contributed by atoms with Crippen LogP contribution in [0.1, 0.15) is 12.5 Å². The molecule has 1 rings (SSSR count). The number of aromatic nitrogens is 2. The van der Waals surface area contributed by atoms with Gasteiger partial charge in [0.1, 0.15) is 19.7 Å². The molecular formula is C14H19Br3N4O5. The van der Waals surface area contributed by atoms with Gasteiger partial charge in [-0.3, -0.25) is 23.9 Å². The summed E-state index contributed by atoms with van der Waals surface area (Å²) in [6.07, 6.45) is 1.29. The van der Waals surface area contributed by atoms with Crippen LogP contribution in [0.5, 0.6) is 0 Å². The van der Waals surface area contributed by atoms with Crippen molar-refractivity contribution in [2.45, 2.75) is 28.6 Å². The van der Waals surface area contributed by atoms with Crippen LogP contribution in [-0.4, -0.2) is 54.2 Å². The molecule has 0 fully saturated rings. The number of carbonyl (C=O) groups excluding carboxylic acids is 2. The first-order chi connectivity index (χ1) is 11.9. The number of nitrogens with one attached hydrogen (secondary N) is 1. The molecule has 0 aliphatic carbocycles. The van der Waals surface area contributed by atoms with Crippen molar-refractivity contribution in [3.8, 4) is 0 Å². The van der Waals surface area contributed by atoms with Gasteiger partial charge in [-0.15, -0.1) is 0 Å². The van der Waals surface area contributed by atoms with Crippen LogP contribution in [0.15, 0.2) is 15.8 Å². The molecule has 0 aliphatic rings. The highest BCUT2D eigenvalue weighted by Crippen LogP contribution is 2.33. The van der Waals surface area contributed by atoms with Crippen LogP contribution in [0.2, 0.25) is 0 Å². The zero-order chi connectivity index (χ0) is 20.1. The van der Waals surface area contributed by atoms with Gasteiger partial charge in [-0.2, -0.15) is 0 Å². The molecule has 12 heteroatoms. The van der Waals surface area contributed by atoms with Crippen LogP contribution in [0.3, 0.4) is 0 Å². The molecule has 1 atom stereocenters. The number of nitrogens with two attached hydrogens (primary N) is 1.